The molecule has 0 saturated carbocycles. The fourth-order valence-corrected chi connectivity index (χ4v) is 2.35. The van der Waals surface area contributed by atoms with Crippen molar-refractivity contribution in [2.75, 3.05) is 19.5 Å². The molecule has 2 rings (SSSR count). The van der Waals surface area contributed by atoms with E-state index < -0.39 is 28.7 Å². The molecule has 1 unspecified atom stereocenters. The predicted molar refractivity (Wildman–Crippen MR) is 95.8 cm³/mol. The lowest BCUT2D eigenvalue weighted by atomic mass is 10.1. The number of carbonyl (C=O) groups excluding carboxylic acids is 3. The van der Waals surface area contributed by atoms with Gasteiger partial charge in [-0.1, -0.05) is 6.92 Å². The van der Waals surface area contributed by atoms with Gasteiger partial charge in [0.1, 0.15) is 12.4 Å². The van der Waals surface area contributed by atoms with E-state index in [2.05, 4.69) is 19.9 Å². The first-order valence-corrected chi connectivity index (χ1v) is 8.04. The Bertz CT molecular complexity index is 888. The highest BCUT2D eigenvalue weighted by Crippen LogP contribution is 2.18. The van der Waals surface area contributed by atoms with Gasteiger partial charge < -0.3 is 14.8 Å². The van der Waals surface area contributed by atoms with E-state index >= 15 is 0 Å². The highest BCUT2D eigenvalue weighted by atomic mass is 16.6. The molecule has 1 heterocycles. The second-order valence-electron chi connectivity index (χ2n) is 5.85. The Hall–Kier alpha value is -3.76. The number of methoxy groups -OCH3 is 2. The van der Waals surface area contributed by atoms with Crippen molar-refractivity contribution in [2.24, 2.45) is 5.92 Å². The van der Waals surface area contributed by atoms with Gasteiger partial charge in [0.25, 0.3) is 0 Å². The summed E-state index contributed by atoms with van der Waals surface area (Å²) < 4.78 is 10.6. The zero-order chi connectivity index (χ0) is 20.8. The molecule has 0 aliphatic carbocycles. The van der Waals surface area contributed by atoms with Gasteiger partial charge in [0.15, 0.2) is 0 Å². The van der Waals surface area contributed by atoms with Gasteiger partial charge in [-0.05, 0) is 18.2 Å². The van der Waals surface area contributed by atoms with E-state index in [9.17, 15) is 24.5 Å². The van der Waals surface area contributed by atoms with E-state index in [-0.39, 0.29) is 29.0 Å². The van der Waals surface area contributed by atoms with Crippen LogP contribution in [-0.2, 0) is 20.8 Å². The Balaban J connectivity index is 2.17. The molecule has 2 aromatic rings. The number of benzene rings is 1. The normalized spacial score (nSPS) is 11.4. The molecule has 0 radical (unpaired) electrons. The molecule has 1 aromatic heterocycles. The topological polar surface area (TPSA) is 143 Å². The third kappa shape index (κ3) is 4.90. The molecule has 1 aromatic carbocycles. The molecule has 11 heteroatoms. The Morgan fingerprint density at radius 3 is 2.21 bits per heavy atom. The van der Waals surface area contributed by atoms with E-state index in [0.29, 0.717) is 0 Å². The summed E-state index contributed by atoms with van der Waals surface area (Å²) in [4.78, 5) is 46.1. The van der Waals surface area contributed by atoms with Gasteiger partial charge in [0, 0.05) is 5.69 Å². The van der Waals surface area contributed by atoms with E-state index in [0.717, 1.165) is 6.20 Å². The molecule has 0 bridgehead atoms. The second kappa shape index (κ2) is 8.75. The number of rotatable bonds is 7. The van der Waals surface area contributed by atoms with Crippen LogP contribution < -0.4 is 5.32 Å². The van der Waals surface area contributed by atoms with Crippen LogP contribution in [-0.4, -0.2) is 46.8 Å². The summed E-state index contributed by atoms with van der Waals surface area (Å²) >= 11 is 0. The van der Waals surface area contributed by atoms with Crippen LogP contribution in [0.2, 0.25) is 0 Å². The van der Waals surface area contributed by atoms with E-state index in [1.54, 1.807) is 6.92 Å². The zero-order valence-corrected chi connectivity index (χ0v) is 15.4. The molecule has 148 valence electrons. The molecule has 0 aliphatic rings. The number of hydrogen-bond donors (Lipinski definition) is 1. The fourth-order valence-electron chi connectivity index (χ4n) is 2.35. The van der Waals surface area contributed by atoms with Crippen molar-refractivity contribution in [1.29, 1.82) is 0 Å². The van der Waals surface area contributed by atoms with Gasteiger partial charge >= 0.3 is 17.6 Å². The summed E-state index contributed by atoms with van der Waals surface area (Å²) in [7, 11) is 2.38. The lowest BCUT2D eigenvalue weighted by Gasteiger charge is -2.13. The SMILES string of the molecule is COC(=O)c1cc(NC(=O)C(C)Cn2cc([N+](=O)[O-])cn2)cc(C(=O)OC)c1. The summed E-state index contributed by atoms with van der Waals surface area (Å²) in [6.45, 7) is 1.70. The van der Waals surface area contributed by atoms with Gasteiger partial charge in [-0.25, -0.2) is 9.59 Å². The molecule has 0 aliphatic heterocycles. The number of nitrogens with one attached hydrogen (secondary N) is 1. The number of anilines is 1. The summed E-state index contributed by atoms with van der Waals surface area (Å²) in [6.07, 6.45) is 2.31. The van der Waals surface area contributed by atoms with Crippen molar-refractivity contribution in [2.45, 2.75) is 13.5 Å². The van der Waals surface area contributed by atoms with Crippen molar-refractivity contribution >= 4 is 29.2 Å². The smallest absolute Gasteiger partial charge is 0.337 e. The minimum Gasteiger partial charge on any atom is -0.465 e. The van der Waals surface area contributed by atoms with Crippen LogP contribution in [0, 0.1) is 16.0 Å². The molecule has 1 N–H and O–H groups in total. The number of hydrogen-bond acceptors (Lipinski definition) is 8. The molecule has 28 heavy (non-hydrogen) atoms. The molecule has 1 amide bonds. The first-order valence-electron chi connectivity index (χ1n) is 8.04. The average Bonchev–Trinajstić information content (AvgIpc) is 3.15. The maximum absolute atomic E-state index is 12.4. The van der Waals surface area contributed by atoms with Crippen LogP contribution in [0.3, 0.4) is 0 Å². The van der Waals surface area contributed by atoms with Crippen LogP contribution in [0.1, 0.15) is 27.6 Å². The number of nitrogens with zero attached hydrogens (tertiary/aromatic N) is 3. The quantitative estimate of drug-likeness (QED) is 0.427. The van der Waals surface area contributed by atoms with Crippen molar-refractivity contribution in [3.63, 3.8) is 0 Å². The minimum absolute atomic E-state index is 0.0658. The highest BCUT2D eigenvalue weighted by Gasteiger charge is 2.19. The largest absolute Gasteiger partial charge is 0.465 e. The molecular weight excluding hydrogens is 372 g/mol. The van der Waals surface area contributed by atoms with Gasteiger partial charge in [-0.3, -0.25) is 19.6 Å². The summed E-state index contributed by atoms with van der Waals surface area (Å²) in [6, 6.07) is 4.02. The first-order chi connectivity index (χ1) is 13.2. The monoisotopic (exact) mass is 390 g/mol. The van der Waals surface area contributed by atoms with Crippen LogP contribution in [0.4, 0.5) is 11.4 Å². The van der Waals surface area contributed by atoms with Gasteiger partial charge in [0.05, 0.1) is 42.7 Å². The number of nitro groups is 1. The summed E-state index contributed by atoms with van der Waals surface area (Å²) in [5, 5.41) is 17.1. The van der Waals surface area contributed by atoms with E-state index in [4.69, 9.17) is 0 Å². The molecular formula is C17H18N4O7. The average molecular weight is 390 g/mol. The Morgan fingerprint density at radius 2 is 1.75 bits per heavy atom. The maximum Gasteiger partial charge on any atom is 0.337 e. The Kier molecular flexibility index (Phi) is 6.42. The van der Waals surface area contributed by atoms with Crippen LogP contribution >= 0.6 is 0 Å². The lowest BCUT2D eigenvalue weighted by Crippen LogP contribution is -2.25. The minimum atomic E-state index is -0.682. The van der Waals surface area contributed by atoms with E-state index in [1.807, 2.05) is 0 Å². The molecule has 0 spiro atoms. The Labute approximate surface area is 159 Å². The maximum atomic E-state index is 12.4. The van der Waals surface area contributed by atoms with Gasteiger partial charge in [0.2, 0.25) is 5.91 Å². The van der Waals surface area contributed by atoms with Crippen LogP contribution in [0.25, 0.3) is 0 Å². The molecule has 0 fully saturated rings. The number of esters is 2. The summed E-state index contributed by atoms with van der Waals surface area (Å²) in [5.74, 6) is -2.41. The van der Waals surface area contributed by atoms with Crippen LogP contribution in [0.5, 0.6) is 0 Å². The summed E-state index contributed by atoms with van der Waals surface area (Å²) in [5.41, 5.74) is 0.153. The highest BCUT2D eigenvalue weighted by molar-refractivity contribution is 5.99. The fraction of sp³-hybridized carbons (Fsp3) is 0.294. The zero-order valence-electron chi connectivity index (χ0n) is 15.4. The lowest BCUT2D eigenvalue weighted by molar-refractivity contribution is -0.385. The molecule has 11 nitrogen and oxygen atoms in total. The Morgan fingerprint density at radius 1 is 1.18 bits per heavy atom. The van der Waals surface area contributed by atoms with Crippen molar-refractivity contribution in [3.8, 4) is 0 Å². The standard InChI is InChI=1S/C17H18N4O7/c1-10(8-20-9-14(7-18-20)21(25)26)15(22)19-13-5-11(16(23)27-2)4-12(6-13)17(24)28-3/h4-7,9-10H,8H2,1-3H3,(H,19,22). The van der Waals surface area contributed by atoms with Gasteiger partial charge in [-0.15, -0.1) is 0 Å². The number of amides is 1. The number of carbonyl (C=O) groups is 3. The predicted octanol–water partition coefficient (Wildman–Crippen LogP) is 1.64. The number of aromatic nitrogens is 2. The first kappa shape index (κ1) is 20.6. The third-order valence-corrected chi connectivity index (χ3v) is 3.78. The van der Waals surface area contributed by atoms with Crippen molar-refractivity contribution in [1.82, 2.24) is 9.78 Å². The van der Waals surface area contributed by atoms with Crippen molar-refractivity contribution < 1.29 is 28.8 Å². The second-order valence-corrected chi connectivity index (χ2v) is 5.85. The van der Waals surface area contributed by atoms with Crippen molar-refractivity contribution in [3.05, 3.63) is 51.8 Å². The van der Waals surface area contributed by atoms with Gasteiger partial charge in [-0.2, -0.15) is 5.10 Å². The molecule has 1 atom stereocenters. The van der Waals surface area contributed by atoms with Crippen LogP contribution in [0.15, 0.2) is 30.6 Å². The van der Waals surface area contributed by atoms with E-state index in [1.165, 1.54) is 43.3 Å². The molecule has 0 saturated heterocycles. The third-order valence-electron chi connectivity index (χ3n) is 3.78. The number of ether oxygens (including phenoxy) is 2.